The lowest BCUT2D eigenvalue weighted by Gasteiger charge is -2.00. The van der Waals surface area contributed by atoms with E-state index >= 15 is 0 Å². The van der Waals surface area contributed by atoms with Crippen molar-refractivity contribution in [1.82, 2.24) is 10.2 Å². The highest BCUT2D eigenvalue weighted by atomic mass is 16.6. The Hall–Kier alpha value is -4.21. The van der Waals surface area contributed by atoms with Crippen LogP contribution in [0.25, 0.3) is 22.4 Å². The van der Waals surface area contributed by atoms with E-state index in [9.17, 15) is 14.9 Å². The van der Waals surface area contributed by atoms with Gasteiger partial charge >= 0.3 is 5.97 Å². The van der Waals surface area contributed by atoms with E-state index in [0.717, 1.165) is 5.39 Å². The molecule has 10 heteroatoms. The fourth-order valence-electron chi connectivity index (χ4n) is 2.87. The van der Waals surface area contributed by atoms with Gasteiger partial charge in [-0.2, -0.15) is 0 Å². The van der Waals surface area contributed by atoms with Crippen molar-refractivity contribution < 1.29 is 28.0 Å². The van der Waals surface area contributed by atoms with Crippen LogP contribution in [0.15, 0.2) is 51.3 Å². The summed E-state index contributed by atoms with van der Waals surface area (Å²) in [7, 11) is 1.56. The van der Waals surface area contributed by atoms with E-state index in [1.807, 2.05) is 0 Å². The fourth-order valence-corrected chi connectivity index (χ4v) is 2.87. The van der Waals surface area contributed by atoms with Crippen molar-refractivity contribution in [2.75, 3.05) is 7.11 Å². The van der Waals surface area contributed by atoms with Crippen LogP contribution in [-0.2, 0) is 11.3 Å². The molecule has 0 aliphatic rings. The van der Waals surface area contributed by atoms with Crippen LogP contribution in [0, 0.1) is 17.0 Å². The molecule has 2 heterocycles. The predicted octanol–water partition coefficient (Wildman–Crippen LogP) is 4.07. The quantitative estimate of drug-likeness (QED) is 0.263. The molecule has 4 rings (SSSR count). The molecule has 0 N–H and O–H groups in total. The van der Waals surface area contributed by atoms with Crippen LogP contribution in [0.5, 0.6) is 5.75 Å². The van der Waals surface area contributed by atoms with Gasteiger partial charge in [0, 0.05) is 28.6 Å². The zero-order chi connectivity index (χ0) is 21.3. The molecule has 0 bridgehead atoms. The number of hydrogen-bond acceptors (Lipinski definition) is 9. The number of hydrogen-bond donors (Lipinski definition) is 0. The topological polar surface area (TPSA) is 131 Å². The highest BCUT2D eigenvalue weighted by molar-refractivity contribution is 5.96. The van der Waals surface area contributed by atoms with Gasteiger partial charge in [-0.05, 0) is 37.3 Å². The first kappa shape index (κ1) is 19.1. The van der Waals surface area contributed by atoms with Crippen LogP contribution in [0.4, 0.5) is 5.69 Å². The van der Waals surface area contributed by atoms with Crippen molar-refractivity contribution >= 4 is 22.6 Å². The largest absolute Gasteiger partial charge is 0.497 e. The van der Waals surface area contributed by atoms with E-state index in [1.165, 1.54) is 24.3 Å². The molecule has 0 spiro atoms. The number of aryl methyl sites for hydroxylation is 1. The number of fused-ring (bicyclic) bond motifs is 1. The number of non-ortho nitro benzene ring substituents is 1. The lowest BCUT2D eigenvalue weighted by Crippen LogP contribution is -2.05. The molecule has 2 aromatic carbocycles. The van der Waals surface area contributed by atoms with Gasteiger partial charge in [0.05, 0.1) is 12.0 Å². The molecule has 0 unspecified atom stereocenters. The maximum Gasteiger partial charge on any atom is 0.375 e. The lowest BCUT2D eigenvalue weighted by molar-refractivity contribution is -0.384. The van der Waals surface area contributed by atoms with Crippen molar-refractivity contribution in [1.29, 1.82) is 0 Å². The van der Waals surface area contributed by atoms with E-state index < -0.39 is 10.9 Å². The van der Waals surface area contributed by atoms with Gasteiger partial charge in [0.15, 0.2) is 6.61 Å². The first-order chi connectivity index (χ1) is 14.5. The van der Waals surface area contributed by atoms with Crippen LogP contribution < -0.4 is 4.74 Å². The number of nitrogens with zero attached hydrogens (tertiary/aromatic N) is 3. The van der Waals surface area contributed by atoms with E-state index in [4.69, 9.17) is 18.3 Å². The Kier molecular flexibility index (Phi) is 4.88. The number of carbonyl (C=O) groups is 1. The minimum atomic E-state index is -0.669. The van der Waals surface area contributed by atoms with Crippen molar-refractivity contribution in [2.24, 2.45) is 0 Å². The average molecular weight is 409 g/mol. The molecular formula is C20H15N3O7. The summed E-state index contributed by atoms with van der Waals surface area (Å²) in [6.07, 6.45) is 0. The van der Waals surface area contributed by atoms with Crippen LogP contribution >= 0.6 is 0 Å². The van der Waals surface area contributed by atoms with Gasteiger partial charge in [-0.1, -0.05) is 0 Å². The Balaban J connectivity index is 1.46. The second kappa shape index (κ2) is 7.66. The maximum atomic E-state index is 12.4. The molecule has 4 aromatic rings. The Morgan fingerprint density at radius 3 is 2.60 bits per heavy atom. The number of nitro groups is 1. The smallest absolute Gasteiger partial charge is 0.375 e. The molecule has 0 radical (unpaired) electrons. The minimum Gasteiger partial charge on any atom is -0.497 e. The number of carbonyl (C=O) groups excluding carboxylic acids is 1. The normalized spacial score (nSPS) is 10.9. The molecular weight excluding hydrogens is 394 g/mol. The van der Waals surface area contributed by atoms with E-state index in [1.54, 1.807) is 32.2 Å². The second-order valence-corrected chi connectivity index (χ2v) is 6.30. The summed E-state index contributed by atoms with van der Waals surface area (Å²) < 4.78 is 21.5. The molecule has 0 saturated heterocycles. The molecule has 0 aliphatic heterocycles. The van der Waals surface area contributed by atoms with Gasteiger partial charge in [0.1, 0.15) is 11.3 Å². The van der Waals surface area contributed by atoms with E-state index in [0.29, 0.717) is 22.5 Å². The van der Waals surface area contributed by atoms with Gasteiger partial charge in [-0.3, -0.25) is 10.1 Å². The maximum absolute atomic E-state index is 12.4. The molecule has 2 aromatic heterocycles. The van der Waals surface area contributed by atoms with Crippen LogP contribution in [0.1, 0.15) is 22.0 Å². The van der Waals surface area contributed by atoms with Crippen LogP contribution in [0.3, 0.4) is 0 Å². The third-order valence-corrected chi connectivity index (χ3v) is 4.45. The minimum absolute atomic E-state index is 0.0498. The summed E-state index contributed by atoms with van der Waals surface area (Å²) in [6, 6.07) is 10.9. The SMILES string of the molecule is COc1ccc2oc(C(=O)OCc3nnc(-c4ccc([N+](=O)[O-])cc4)o3)c(C)c2c1. The lowest BCUT2D eigenvalue weighted by atomic mass is 10.1. The number of rotatable bonds is 6. The Labute approximate surface area is 169 Å². The van der Waals surface area contributed by atoms with Crippen molar-refractivity contribution in [3.63, 3.8) is 0 Å². The van der Waals surface area contributed by atoms with Gasteiger partial charge < -0.3 is 18.3 Å². The van der Waals surface area contributed by atoms with E-state index in [2.05, 4.69) is 10.2 Å². The van der Waals surface area contributed by atoms with Crippen molar-refractivity contribution in [2.45, 2.75) is 13.5 Å². The number of nitro benzene ring substituents is 1. The molecule has 10 nitrogen and oxygen atoms in total. The number of methoxy groups -OCH3 is 1. The standard InChI is InChI=1S/C20H15N3O7/c1-11-15-9-14(27-2)7-8-16(15)29-18(11)20(24)28-10-17-21-22-19(30-17)12-3-5-13(6-4-12)23(25)26/h3-9H,10H2,1-2H3. The summed E-state index contributed by atoms with van der Waals surface area (Å²) >= 11 is 0. The number of aromatic nitrogens is 2. The third-order valence-electron chi connectivity index (χ3n) is 4.45. The molecule has 0 saturated carbocycles. The molecule has 30 heavy (non-hydrogen) atoms. The third kappa shape index (κ3) is 3.58. The number of esters is 1. The molecule has 0 atom stereocenters. The first-order valence-corrected chi connectivity index (χ1v) is 8.77. The van der Waals surface area contributed by atoms with Gasteiger partial charge in [0.25, 0.3) is 11.6 Å². The summed E-state index contributed by atoms with van der Waals surface area (Å²) in [5.41, 5.74) is 1.63. The van der Waals surface area contributed by atoms with Gasteiger partial charge in [-0.25, -0.2) is 4.79 Å². The predicted molar refractivity (Wildman–Crippen MR) is 103 cm³/mol. The van der Waals surface area contributed by atoms with Crippen molar-refractivity contribution in [3.05, 3.63) is 69.8 Å². The van der Waals surface area contributed by atoms with Crippen molar-refractivity contribution in [3.8, 4) is 17.2 Å². The summed E-state index contributed by atoms with van der Waals surface area (Å²) in [4.78, 5) is 22.7. The molecule has 0 aliphatic carbocycles. The Bertz CT molecular complexity index is 1240. The summed E-state index contributed by atoms with van der Waals surface area (Å²) in [5, 5.41) is 19.2. The number of furan rings is 1. The average Bonchev–Trinajstić information content (AvgIpc) is 3.36. The fraction of sp³-hybridized carbons (Fsp3) is 0.150. The summed E-state index contributed by atoms with van der Waals surface area (Å²) in [6.45, 7) is 1.50. The van der Waals surface area contributed by atoms with E-state index in [-0.39, 0.29) is 29.8 Å². The number of benzene rings is 2. The molecule has 0 amide bonds. The van der Waals surface area contributed by atoms with Gasteiger partial charge in [-0.15, -0.1) is 10.2 Å². The monoisotopic (exact) mass is 409 g/mol. The van der Waals surface area contributed by atoms with Crippen LogP contribution in [-0.4, -0.2) is 28.2 Å². The zero-order valence-corrected chi connectivity index (χ0v) is 15.9. The Morgan fingerprint density at radius 2 is 1.90 bits per heavy atom. The highest BCUT2D eigenvalue weighted by Crippen LogP contribution is 2.29. The number of ether oxygens (including phenoxy) is 2. The highest BCUT2D eigenvalue weighted by Gasteiger charge is 2.21. The van der Waals surface area contributed by atoms with Gasteiger partial charge in [0.2, 0.25) is 11.7 Å². The van der Waals surface area contributed by atoms with Crippen LogP contribution in [0.2, 0.25) is 0 Å². The first-order valence-electron chi connectivity index (χ1n) is 8.77. The second-order valence-electron chi connectivity index (χ2n) is 6.30. The molecule has 0 fully saturated rings. The summed E-state index contributed by atoms with van der Waals surface area (Å²) in [5.74, 6) is 0.289. The zero-order valence-electron chi connectivity index (χ0n) is 15.9. The Morgan fingerprint density at radius 1 is 1.13 bits per heavy atom. The molecule has 152 valence electrons.